The van der Waals surface area contributed by atoms with Crippen molar-refractivity contribution in [3.63, 3.8) is 0 Å². The highest BCUT2D eigenvalue weighted by Crippen LogP contribution is 2.31. The van der Waals surface area contributed by atoms with E-state index in [1.807, 2.05) is 24.3 Å². The number of fused-ring (bicyclic) bond motifs is 1. The predicted molar refractivity (Wildman–Crippen MR) is 132 cm³/mol. The van der Waals surface area contributed by atoms with E-state index in [1.54, 1.807) is 14.2 Å². The number of imidazole rings is 2. The number of aromatic nitrogens is 3. The normalized spacial score (nSPS) is 11.2. The third-order valence-corrected chi connectivity index (χ3v) is 6.09. The van der Waals surface area contributed by atoms with Crippen molar-refractivity contribution < 1.29 is 9.47 Å². The van der Waals surface area contributed by atoms with Gasteiger partial charge in [0.2, 0.25) is 5.78 Å². The van der Waals surface area contributed by atoms with Gasteiger partial charge >= 0.3 is 0 Å². The summed E-state index contributed by atoms with van der Waals surface area (Å²) in [7, 11) is 3.37. The van der Waals surface area contributed by atoms with Crippen molar-refractivity contribution in [1.82, 2.24) is 14.0 Å². The number of hydrogen-bond donors (Lipinski definition) is 0. The molecule has 0 unspecified atom stereocenters. The van der Waals surface area contributed by atoms with Gasteiger partial charge in [-0.3, -0.25) is 4.40 Å². The maximum Gasteiger partial charge on any atom is 0.215 e. The van der Waals surface area contributed by atoms with Crippen LogP contribution in [0.2, 0.25) is 0 Å². The predicted octanol–water partition coefficient (Wildman–Crippen LogP) is 6.15. The van der Waals surface area contributed by atoms with E-state index in [2.05, 4.69) is 77.5 Å². The summed E-state index contributed by atoms with van der Waals surface area (Å²) >= 11 is 0. The molecule has 0 spiro atoms. The SMILES string of the molecule is COc1ccc(Cn2cc(-c3ccc(OC)cc3)n3c(C)c(-c4ccc(C)cc4)nc23)cc1. The highest BCUT2D eigenvalue weighted by Gasteiger charge is 2.19. The molecule has 33 heavy (non-hydrogen) atoms. The van der Waals surface area contributed by atoms with Gasteiger partial charge < -0.3 is 14.0 Å². The van der Waals surface area contributed by atoms with Gasteiger partial charge in [0.15, 0.2) is 0 Å². The lowest BCUT2D eigenvalue weighted by atomic mass is 10.1. The topological polar surface area (TPSA) is 40.7 Å². The van der Waals surface area contributed by atoms with Gasteiger partial charge in [-0.2, -0.15) is 0 Å². The lowest BCUT2D eigenvalue weighted by molar-refractivity contribution is 0.414. The van der Waals surface area contributed by atoms with E-state index in [0.717, 1.165) is 45.5 Å². The van der Waals surface area contributed by atoms with Crippen molar-refractivity contribution in [3.8, 4) is 34.0 Å². The Hall–Kier alpha value is -3.99. The third kappa shape index (κ3) is 3.87. The van der Waals surface area contributed by atoms with Gasteiger partial charge in [0.1, 0.15) is 11.5 Å². The Morgan fingerprint density at radius 2 is 1.30 bits per heavy atom. The summed E-state index contributed by atoms with van der Waals surface area (Å²) in [5, 5.41) is 0. The van der Waals surface area contributed by atoms with Gasteiger partial charge in [-0.15, -0.1) is 0 Å². The summed E-state index contributed by atoms with van der Waals surface area (Å²) in [4.78, 5) is 5.10. The molecule has 5 aromatic rings. The van der Waals surface area contributed by atoms with E-state index < -0.39 is 0 Å². The molecule has 0 N–H and O–H groups in total. The fraction of sp³-hybridized carbons (Fsp3) is 0.179. The van der Waals surface area contributed by atoms with Gasteiger partial charge in [0, 0.05) is 23.0 Å². The molecule has 0 aliphatic rings. The lowest BCUT2D eigenvalue weighted by Gasteiger charge is -2.06. The van der Waals surface area contributed by atoms with E-state index >= 15 is 0 Å². The zero-order valence-corrected chi connectivity index (χ0v) is 19.4. The van der Waals surface area contributed by atoms with Crippen LogP contribution in [0.1, 0.15) is 16.8 Å². The van der Waals surface area contributed by atoms with E-state index in [0.29, 0.717) is 6.54 Å². The molecule has 0 aliphatic heterocycles. The van der Waals surface area contributed by atoms with E-state index in [-0.39, 0.29) is 0 Å². The molecule has 0 amide bonds. The maximum atomic E-state index is 5.36. The second kappa shape index (κ2) is 8.51. The minimum Gasteiger partial charge on any atom is -0.497 e. The first kappa shape index (κ1) is 20.9. The van der Waals surface area contributed by atoms with Crippen LogP contribution in [-0.4, -0.2) is 28.2 Å². The molecular formula is C28H27N3O2. The highest BCUT2D eigenvalue weighted by atomic mass is 16.5. The molecule has 5 heteroatoms. The number of aryl methyl sites for hydroxylation is 2. The summed E-state index contributed by atoms with van der Waals surface area (Å²) in [5.41, 5.74) is 7.89. The van der Waals surface area contributed by atoms with Gasteiger partial charge in [0.05, 0.1) is 32.2 Å². The van der Waals surface area contributed by atoms with Crippen LogP contribution in [0.15, 0.2) is 79.0 Å². The number of hydrogen-bond acceptors (Lipinski definition) is 3. The quantitative estimate of drug-likeness (QED) is 0.320. The summed E-state index contributed by atoms with van der Waals surface area (Å²) in [5.74, 6) is 2.62. The molecular weight excluding hydrogens is 410 g/mol. The standard InChI is InChI=1S/C28H27N3O2/c1-19-5-9-23(10-6-19)27-20(2)31-26(22-11-15-25(33-4)16-12-22)18-30(28(31)29-27)17-21-7-13-24(32-3)14-8-21/h5-16,18H,17H2,1-4H3. The minimum atomic E-state index is 0.716. The lowest BCUT2D eigenvalue weighted by Crippen LogP contribution is -1.99. The Balaban J connectivity index is 1.66. The molecule has 3 aromatic carbocycles. The van der Waals surface area contributed by atoms with Crippen LogP contribution >= 0.6 is 0 Å². The largest absolute Gasteiger partial charge is 0.497 e. The Bertz CT molecular complexity index is 1390. The molecule has 0 atom stereocenters. The first-order valence-electron chi connectivity index (χ1n) is 11.0. The molecule has 0 radical (unpaired) electrons. The van der Waals surface area contributed by atoms with E-state index in [4.69, 9.17) is 14.5 Å². The Morgan fingerprint density at radius 1 is 0.727 bits per heavy atom. The molecule has 5 nitrogen and oxygen atoms in total. The molecule has 0 saturated carbocycles. The monoisotopic (exact) mass is 437 g/mol. The minimum absolute atomic E-state index is 0.716. The summed E-state index contributed by atoms with van der Waals surface area (Å²) < 4.78 is 15.1. The van der Waals surface area contributed by atoms with Gasteiger partial charge in [-0.05, 0) is 55.8 Å². The molecule has 2 aromatic heterocycles. The smallest absolute Gasteiger partial charge is 0.215 e. The number of ether oxygens (including phenoxy) is 2. The fourth-order valence-electron chi connectivity index (χ4n) is 4.23. The van der Waals surface area contributed by atoms with Gasteiger partial charge in [0.25, 0.3) is 0 Å². The molecule has 0 fully saturated rings. The van der Waals surface area contributed by atoms with Crippen molar-refractivity contribution in [3.05, 3.63) is 95.8 Å². The molecule has 0 aliphatic carbocycles. The average molecular weight is 438 g/mol. The van der Waals surface area contributed by atoms with Crippen molar-refractivity contribution in [2.24, 2.45) is 0 Å². The Labute approximate surface area is 193 Å². The number of nitrogens with zero attached hydrogens (tertiary/aromatic N) is 3. The van der Waals surface area contributed by atoms with Crippen molar-refractivity contribution in [2.45, 2.75) is 20.4 Å². The Kier molecular flexibility index (Phi) is 5.38. The highest BCUT2D eigenvalue weighted by molar-refractivity contribution is 5.71. The van der Waals surface area contributed by atoms with Crippen LogP contribution in [-0.2, 0) is 6.54 Å². The van der Waals surface area contributed by atoms with Crippen LogP contribution in [0.25, 0.3) is 28.3 Å². The van der Waals surface area contributed by atoms with Gasteiger partial charge in [-0.1, -0.05) is 42.0 Å². The number of methoxy groups -OCH3 is 2. The van der Waals surface area contributed by atoms with Crippen molar-refractivity contribution in [1.29, 1.82) is 0 Å². The maximum absolute atomic E-state index is 5.36. The first-order valence-corrected chi connectivity index (χ1v) is 11.0. The van der Waals surface area contributed by atoms with Crippen LogP contribution in [0.4, 0.5) is 0 Å². The van der Waals surface area contributed by atoms with Crippen molar-refractivity contribution in [2.75, 3.05) is 14.2 Å². The Morgan fingerprint density at radius 3 is 1.91 bits per heavy atom. The summed E-state index contributed by atoms with van der Waals surface area (Å²) in [6.07, 6.45) is 2.18. The third-order valence-electron chi connectivity index (χ3n) is 6.09. The van der Waals surface area contributed by atoms with E-state index in [1.165, 1.54) is 11.1 Å². The zero-order valence-electron chi connectivity index (χ0n) is 19.4. The number of benzene rings is 3. The summed E-state index contributed by atoms with van der Waals surface area (Å²) in [6.45, 7) is 4.96. The fourth-order valence-corrected chi connectivity index (χ4v) is 4.23. The van der Waals surface area contributed by atoms with Crippen LogP contribution in [0.5, 0.6) is 11.5 Å². The van der Waals surface area contributed by atoms with Crippen LogP contribution in [0, 0.1) is 13.8 Å². The molecule has 2 heterocycles. The van der Waals surface area contributed by atoms with Crippen LogP contribution in [0.3, 0.4) is 0 Å². The molecule has 166 valence electrons. The molecule has 5 rings (SSSR count). The van der Waals surface area contributed by atoms with Gasteiger partial charge in [-0.25, -0.2) is 4.98 Å². The molecule has 0 bridgehead atoms. The molecule has 0 saturated heterocycles. The van der Waals surface area contributed by atoms with E-state index in [9.17, 15) is 0 Å². The first-order chi connectivity index (χ1) is 16.1. The zero-order chi connectivity index (χ0) is 22.9. The average Bonchev–Trinajstić information content (AvgIpc) is 3.38. The second-order valence-electron chi connectivity index (χ2n) is 8.27. The van der Waals surface area contributed by atoms with Crippen LogP contribution < -0.4 is 9.47 Å². The van der Waals surface area contributed by atoms with Crippen molar-refractivity contribution >= 4 is 5.78 Å². The summed E-state index contributed by atoms with van der Waals surface area (Å²) in [6, 6.07) is 24.9. The number of rotatable bonds is 6. The second-order valence-corrected chi connectivity index (χ2v) is 8.27.